The lowest BCUT2D eigenvalue weighted by Gasteiger charge is -2.26. The van der Waals surface area contributed by atoms with Crippen molar-refractivity contribution >= 4 is 12.0 Å². The lowest BCUT2D eigenvalue weighted by molar-refractivity contribution is -0.137. The van der Waals surface area contributed by atoms with Crippen LogP contribution in [0.3, 0.4) is 0 Å². The first-order chi connectivity index (χ1) is 9.27. The van der Waals surface area contributed by atoms with E-state index in [0.717, 1.165) is 13.0 Å². The topological polar surface area (TPSA) is 72.9 Å². The van der Waals surface area contributed by atoms with Gasteiger partial charge in [0, 0.05) is 25.7 Å². The summed E-state index contributed by atoms with van der Waals surface area (Å²) in [6.07, 6.45) is 1.06. The predicted molar refractivity (Wildman–Crippen MR) is 79.8 cm³/mol. The van der Waals surface area contributed by atoms with Gasteiger partial charge in [-0.25, -0.2) is 4.79 Å². The molecule has 0 aromatic carbocycles. The SMILES string of the molecule is CCC(C)N(C)CCNC(=O)N(CC(=O)O)CC(C)C. The molecule has 0 aliphatic carbocycles. The van der Waals surface area contributed by atoms with Crippen LogP contribution in [-0.4, -0.2) is 66.2 Å². The molecule has 0 aromatic rings. The van der Waals surface area contributed by atoms with Crippen LogP contribution in [0.5, 0.6) is 0 Å². The number of nitrogens with zero attached hydrogens (tertiary/aromatic N) is 2. The molecule has 20 heavy (non-hydrogen) atoms. The Balaban J connectivity index is 4.22. The normalized spacial score (nSPS) is 12.6. The number of amides is 2. The highest BCUT2D eigenvalue weighted by Gasteiger charge is 2.17. The van der Waals surface area contributed by atoms with Gasteiger partial charge in [0.2, 0.25) is 0 Å². The fourth-order valence-corrected chi connectivity index (χ4v) is 1.81. The summed E-state index contributed by atoms with van der Waals surface area (Å²) < 4.78 is 0. The Morgan fingerprint density at radius 3 is 2.30 bits per heavy atom. The first-order valence-corrected chi connectivity index (χ1v) is 7.22. The van der Waals surface area contributed by atoms with Gasteiger partial charge in [-0.3, -0.25) is 4.79 Å². The zero-order valence-corrected chi connectivity index (χ0v) is 13.3. The Kier molecular flexibility index (Phi) is 8.96. The average molecular weight is 287 g/mol. The second-order valence-corrected chi connectivity index (χ2v) is 5.64. The lowest BCUT2D eigenvalue weighted by atomic mass is 10.2. The Bertz CT molecular complexity index is 308. The van der Waals surface area contributed by atoms with Crippen LogP contribution in [0.15, 0.2) is 0 Å². The number of carbonyl (C=O) groups excluding carboxylic acids is 1. The minimum atomic E-state index is -0.988. The Morgan fingerprint density at radius 1 is 1.25 bits per heavy atom. The van der Waals surface area contributed by atoms with Gasteiger partial charge in [0.25, 0.3) is 0 Å². The number of hydrogen-bond acceptors (Lipinski definition) is 3. The smallest absolute Gasteiger partial charge is 0.323 e. The zero-order valence-electron chi connectivity index (χ0n) is 13.3. The predicted octanol–water partition coefficient (Wildman–Crippen LogP) is 1.47. The van der Waals surface area contributed by atoms with E-state index in [1.165, 1.54) is 4.90 Å². The van der Waals surface area contributed by atoms with E-state index in [1.54, 1.807) is 0 Å². The summed E-state index contributed by atoms with van der Waals surface area (Å²) >= 11 is 0. The van der Waals surface area contributed by atoms with Gasteiger partial charge in [-0.15, -0.1) is 0 Å². The van der Waals surface area contributed by atoms with Crippen LogP contribution in [0.2, 0.25) is 0 Å². The molecule has 6 nitrogen and oxygen atoms in total. The van der Waals surface area contributed by atoms with Crippen molar-refractivity contribution in [1.29, 1.82) is 0 Å². The van der Waals surface area contributed by atoms with E-state index in [1.807, 2.05) is 20.9 Å². The summed E-state index contributed by atoms with van der Waals surface area (Å²) in [5.41, 5.74) is 0. The maximum Gasteiger partial charge on any atom is 0.323 e. The number of likely N-dealkylation sites (N-methyl/N-ethyl adjacent to an activating group) is 1. The summed E-state index contributed by atoms with van der Waals surface area (Å²) in [7, 11) is 2.02. The third-order valence-electron chi connectivity index (χ3n) is 3.28. The molecule has 6 heteroatoms. The molecule has 0 spiro atoms. The van der Waals surface area contributed by atoms with Crippen LogP contribution in [0.25, 0.3) is 0 Å². The lowest BCUT2D eigenvalue weighted by Crippen LogP contribution is -2.46. The average Bonchev–Trinajstić information content (AvgIpc) is 2.35. The number of carbonyl (C=O) groups is 2. The first-order valence-electron chi connectivity index (χ1n) is 7.22. The fourth-order valence-electron chi connectivity index (χ4n) is 1.81. The van der Waals surface area contributed by atoms with E-state index in [-0.39, 0.29) is 18.5 Å². The third kappa shape index (κ3) is 7.99. The summed E-state index contributed by atoms with van der Waals surface area (Å²) in [6.45, 7) is 9.63. The van der Waals surface area contributed by atoms with Crippen LogP contribution in [0, 0.1) is 5.92 Å². The van der Waals surface area contributed by atoms with Crippen molar-refractivity contribution in [2.45, 2.75) is 40.2 Å². The van der Waals surface area contributed by atoms with Crippen molar-refractivity contribution in [2.75, 3.05) is 33.2 Å². The number of nitrogens with one attached hydrogen (secondary N) is 1. The molecule has 0 aliphatic heterocycles. The van der Waals surface area contributed by atoms with Gasteiger partial charge in [0.1, 0.15) is 6.54 Å². The van der Waals surface area contributed by atoms with Crippen molar-refractivity contribution < 1.29 is 14.7 Å². The van der Waals surface area contributed by atoms with Crippen molar-refractivity contribution in [1.82, 2.24) is 15.1 Å². The molecule has 0 rings (SSSR count). The van der Waals surface area contributed by atoms with E-state index < -0.39 is 5.97 Å². The summed E-state index contributed by atoms with van der Waals surface area (Å²) in [5.74, 6) is -0.750. The Hall–Kier alpha value is -1.30. The number of urea groups is 1. The summed E-state index contributed by atoms with van der Waals surface area (Å²) in [4.78, 5) is 26.3. The van der Waals surface area contributed by atoms with Gasteiger partial charge < -0.3 is 20.2 Å². The quantitative estimate of drug-likeness (QED) is 0.673. The number of carboxylic acid groups (broad SMARTS) is 1. The molecule has 2 amide bonds. The molecule has 0 saturated carbocycles. The molecule has 2 N–H and O–H groups in total. The molecule has 0 aliphatic rings. The molecular weight excluding hydrogens is 258 g/mol. The van der Waals surface area contributed by atoms with Gasteiger partial charge in [0.05, 0.1) is 0 Å². The van der Waals surface area contributed by atoms with Crippen LogP contribution >= 0.6 is 0 Å². The number of carboxylic acids is 1. The Labute approximate surface area is 122 Å². The van der Waals surface area contributed by atoms with Crippen LogP contribution in [0.1, 0.15) is 34.1 Å². The van der Waals surface area contributed by atoms with E-state index in [0.29, 0.717) is 19.1 Å². The van der Waals surface area contributed by atoms with E-state index >= 15 is 0 Å². The molecule has 118 valence electrons. The zero-order chi connectivity index (χ0) is 15.7. The molecule has 0 radical (unpaired) electrons. The molecular formula is C14H29N3O3. The highest BCUT2D eigenvalue weighted by molar-refractivity contribution is 5.80. The second kappa shape index (κ2) is 9.58. The van der Waals surface area contributed by atoms with Gasteiger partial charge in [0.15, 0.2) is 0 Å². The van der Waals surface area contributed by atoms with Crippen LogP contribution in [-0.2, 0) is 4.79 Å². The first kappa shape index (κ1) is 18.7. The molecule has 0 heterocycles. The maximum atomic E-state index is 12.0. The molecule has 0 fully saturated rings. The standard InChI is InChI=1S/C14H29N3O3/c1-6-12(4)16(5)8-7-15-14(20)17(9-11(2)3)10-13(18)19/h11-12H,6-10H2,1-5H3,(H,15,20)(H,18,19). The largest absolute Gasteiger partial charge is 0.480 e. The van der Waals surface area contributed by atoms with Gasteiger partial charge in [-0.05, 0) is 26.3 Å². The van der Waals surface area contributed by atoms with Gasteiger partial charge in [-0.2, -0.15) is 0 Å². The van der Waals surface area contributed by atoms with Crippen molar-refractivity contribution in [3.05, 3.63) is 0 Å². The maximum absolute atomic E-state index is 12.0. The third-order valence-corrected chi connectivity index (χ3v) is 3.28. The molecule has 1 unspecified atom stereocenters. The van der Waals surface area contributed by atoms with E-state index in [2.05, 4.69) is 24.1 Å². The second-order valence-electron chi connectivity index (χ2n) is 5.64. The van der Waals surface area contributed by atoms with Crippen LogP contribution in [0.4, 0.5) is 4.79 Å². The minimum Gasteiger partial charge on any atom is -0.480 e. The monoisotopic (exact) mass is 287 g/mol. The van der Waals surface area contributed by atoms with Gasteiger partial charge >= 0.3 is 12.0 Å². The molecule has 0 bridgehead atoms. The summed E-state index contributed by atoms with van der Waals surface area (Å²) in [6, 6.07) is 0.163. The number of hydrogen-bond donors (Lipinski definition) is 2. The minimum absolute atomic E-state index is 0.239. The summed E-state index contributed by atoms with van der Waals surface area (Å²) in [5, 5.41) is 11.6. The fraction of sp³-hybridized carbons (Fsp3) is 0.857. The highest BCUT2D eigenvalue weighted by atomic mass is 16.4. The Morgan fingerprint density at radius 2 is 1.85 bits per heavy atom. The molecule has 0 saturated heterocycles. The van der Waals surface area contributed by atoms with E-state index in [4.69, 9.17) is 5.11 Å². The van der Waals surface area contributed by atoms with Crippen molar-refractivity contribution in [3.8, 4) is 0 Å². The molecule has 0 aromatic heterocycles. The molecule has 1 atom stereocenters. The van der Waals surface area contributed by atoms with E-state index in [9.17, 15) is 9.59 Å². The number of rotatable bonds is 9. The van der Waals surface area contributed by atoms with Crippen LogP contribution < -0.4 is 5.32 Å². The van der Waals surface area contributed by atoms with Crippen molar-refractivity contribution in [2.24, 2.45) is 5.92 Å². The van der Waals surface area contributed by atoms with Gasteiger partial charge in [-0.1, -0.05) is 20.8 Å². The number of aliphatic carboxylic acids is 1. The highest BCUT2D eigenvalue weighted by Crippen LogP contribution is 2.00. The van der Waals surface area contributed by atoms with Crippen molar-refractivity contribution in [3.63, 3.8) is 0 Å².